The van der Waals surface area contributed by atoms with Crippen molar-refractivity contribution in [2.75, 3.05) is 0 Å². The SMILES string of the molecule is CCc1nc(C(=O)O)nn1C. The number of hydrogen-bond acceptors (Lipinski definition) is 3. The molecule has 5 heteroatoms. The van der Waals surface area contributed by atoms with Gasteiger partial charge >= 0.3 is 5.97 Å². The smallest absolute Gasteiger partial charge is 0.375 e. The zero-order valence-corrected chi connectivity index (χ0v) is 6.40. The zero-order valence-electron chi connectivity index (χ0n) is 6.40. The lowest BCUT2D eigenvalue weighted by Crippen LogP contribution is -2.00. The summed E-state index contributed by atoms with van der Waals surface area (Å²) in [6.07, 6.45) is 0.691. The first kappa shape index (κ1) is 7.71. The minimum Gasteiger partial charge on any atom is -0.475 e. The quantitative estimate of drug-likeness (QED) is 0.656. The van der Waals surface area contributed by atoms with Crippen molar-refractivity contribution < 1.29 is 9.90 Å². The lowest BCUT2D eigenvalue weighted by atomic mass is 10.5. The molecule has 0 atom stereocenters. The van der Waals surface area contributed by atoms with Crippen molar-refractivity contribution in [2.24, 2.45) is 7.05 Å². The van der Waals surface area contributed by atoms with Gasteiger partial charge in [-0.3, -0.25) is 4.68 Å². The van der Waals surface area contributed by atoms with Crippen LogP contribution in [0.2, 0.25) is 0 Å². The number of aromatic carboxylic acids is 1. The van der Waals surface area contributed by atoms with Gasteiger partial charge in [-0.1, -0.05) is 6.92 Å². The van der Waals surface area contributed by atoms with Crippen molar-refractivity contribution in [3.05, 3.63) is 11.6 Å². The molecular formula is C6H9N3O2. The summed E-state index contributed by atoms with van der Waals surface area (Å²) in [6.45, 7) is 1.90. The standard InChI is InChI=1S/C6H9N3O2/c1-3-4-7-5(6(10)11)8-9(4)2/h3H2,1-2H3,(H,10,11). The molecule has 0 saturated carbocycles. The number of aryl methyl sites for hydroxylation is 2. The Morgan fingerprint density at radius 3 is 2.64 bits per heavy atom. The number of carboxylic acids is 1. The Morgan fingerprint density at radius 1 is 1.73 bits per heavy atom. The number of carboxylic acid groups (broad SMARTS) is 1. The third kappa shape index (κ3) is 1.36. The average Bonchev–Trinajstić information content (AvgIpc) is 2.31. The third-order valence-corrected chi connectivity index (χ3v) is 1.36. The highest BCUT2D eigenvalue weighted by atomic mass is 16.4. The molecule has 0 amide bonds. The summed E-state index contributed by atoms with van der Waals surface area (Å²) in [5.41, 5.74) is 0. The van der Waals surface area contributed by atoms with Gasteiger partial charge in [0.05, 0.1) is 0 Å². The molecule has 1 aromatic heterocycles. The molecule has 1 aromatic rings. The fourth-order valence-corrected chi connectivity index (χ4v) is 0.815. The molecule has 0 saturated heterocycles. The van der Waals surface area contributed by atoms with Crippen molar-refractivity contribution in [1.82, 2.24) is 14.8 Å². The molecule has 0 aliphatic heterocycles. The van der Waals surface area contributed by atoms with E-state index in [0.717, 1.165) is 0 Å². The molecule has 60 valence electrons. The second-order valence-corrected chi connectivity index (χ2v) is 2.13. The van der Waals surface area contributed by atoms with E-state index in [-0.39, 0.29) is 5.82 Å². The van der Waals surface area contributed by atoms with E-state index in [1.165, 1.54) is 4.68 Å². The fraction of sp³-hybridized carbons (Fsp3) is 0.500. The Bertz CT molecular complexity index is 279. The molecule has 1 rings (SSSR count). The van der Waals surface area contributed by atoms with Gasteiger partial charge in [0, 0.05) is 13.5 Å². The Labute approximate surface area is 63.7 Å². The van der Waals surface area contributed by atoms with E-state index in [1.807, 2.05) is 6.92 Å². The van der Waals surface area contributed by atoms with E-state index in [0.29, 0.717) is 12.2 Å². The van der Waals surface area contributed by atoms with Crippen LogP contribution in [-0.2, 0) is 13.5 Å². The molecule has 0 radical (unpaired) electrons. The molecule has 0 aliphatic carbocycles. The van der Waals surface area contributed by atoms with Crippen LogP contribution in [0.3, 0.4) is 0 Å². The molecule has 0 aliphatic rings. The van der Waals surface area contributed by atoms with E-state index >= 15 is 0 Å². The summed E-state index contributed by atoms with van der Waals surface area (Å²) in [4.78, 5) is 14.1. The van der Waals surface area contributed by atoms with E-state index < -0.39 is 5.97 Å². The maximum absolute atomic E-state index is 10.3. The highest BCUT2D eigenvalue weighted by Crippen LogP contribution is 1.96. The van der Waals surface area contributed by atoms with Crippen molar-refractivity contribution in [3.8, 4) is 0 Å². The van der Waals surface area contributed by atoms with Crippen LogP contribution in [-0.4, -0.2) is 25.8 Å². The maximum atomic E-state index is 10.3. The Hall–Kier alpha value is -1.39. The number of aromatic nitrogens is 3. The Balaban J connectivity index is 3.05. The molecule has 0 bridgehead atoms. The van der Waals surface area contributed by atoms with Gasteiger partial charge in [-0.2, -0.15) is 0 Å². The summed E-state index contributed by atoms with van der Waals surface area (Å²) in [5.74, 6) is -0.535. The lowest BCUT2D eigenvalue weighted by molar-refractivity contribution is 0.0683. The Morgan fingerprint density at radius 2 is 2.36 bits per heavy atom. The van der Waals surface area contributed by atoms with Gasteiger partial charge in [0.25, 0.3) is 5.82 Å². The van der Waals surface area contributed by atoms with Gasteiger partial charge < -0.3 is 5.11 Å². The number of carbonyl (C=O) groups is 1. The Kier molecular flexibility index (Phi) is 1.89. The third-order valence-electron chi connectivity index (χ3n) is 1.36. The van der Waals surface area contributed by atoms with Crippen LogP contribution in [0.4, 0.5) is 0 Å². The van der Waals surface area contributed by atoms with Gasteiger partial charge in [-0.25, -0.2) is 9.78 Å². The summed E-state index contributed by atoms with van der Waals surface area (Å²) < 4.78 is 1.48. The molecule has 0 aromatic carbocycles. The predicted molar refractivity (Wildman–Crippen MR) is 37.3 cm³/mol. The molecule has 0 spiro atoms. The van der Waals surface area contributed by atoms with Crippen LogP contribution in [0.25, 0.3) is 0 Å². The van der Waals surface area contributed by atoms with Gasteiger partial charge in [-0.15, -0.1) is 5.10 Å². The fourth-order valence-electron chi connectivity index (χ4n) is 0.815. The minimum atomic E-state index is -1.08. The largest absolute Gasteiger partial charge is 0.475 e. The van der Waals surface area contributed by atoms with Crippen molar-refractivity contribution in [3.63, 3.8) is 0 Å². The van der Waals surface area contributed by atoms with Gasteiger partial charge in [-0.05, 0) is 0 Å². The molecule has 1 heterocycles. The van der Waals surface area contributed by atoms with Gasteiger partial charge in [0.15, 0.2) is 0 Å². The highest BCUT2D eigenvalue weighted by molar-refractivity contribution is 5.82. The van der Waals surface area contributed by atoms with Crippen LogP contribution in [0.1, 0.15) is 23.4 Å². The second-order valence-electron chi connectivity index (χ2n) is 2.13. The van der Waals surface area contributed by atoms with E-state index in [1.54, 1.807) is 7.05 Å². The van der Waals surface area contributed by atoms with Crippen LogP contribution < -0.4 is 0 Å². The minimum absolute atomic E-state index is 0.135. The number of rotatable bonds is 2. The number of hydrogen-bond donors (Lipinski definition) is 1. The van der Waals surface area contributed by atoms with Crippen molar-refractivity contribution in [2.45, 2.75) is 13.3 Å². The summed E-state index contributed by atoms with van der Waals surface area (Å²) in [7, 11) is 1.68. The normalized spacial score (nSPS) is 10.0. The molecule has 1 N–H and O–H groups in total. The van der Waals surface area contributed by atoms with E-state index in [4.69, 9.17) is 5.11 Å². The summed E-state index contributed by atoms with van der Waals surface area (Å²) in [6, 6.07) is 0. The van der Waals surface area contributed by atoms with Crippen LogP contribution in [0, 0.1) is 0 Å². The number of nitrogens with zero attached hydrogens (tertiary/aromatic N) is 3. The molecular weight excluding hydrogens is 146 g/mol. The second kappa shape index (κ2) is 2.69. The molecule has 11 heavy (non-hydrogen) atoms. The first-order valence-corrected chi connectivity index (χ1v) is 3.28. The molecule has 5 nitrogen and oxygen atoms in total. The first-order valence-electron chi connectivity index (χ1n) is 3.28. The first-order chi connectivity index (χ1) is 5.15. The van der Waals surface area contributed by atoms with Gasteiger partial charge in [0.1, 0.15) is 5.82 Å². The van der Waals surface area contributed by atoms with Crippen molar-refractivity contribution in [1.29, 1.82) is 0 Å². The van der Waals surface area contributed by atoms with Crippen LogP contribution >= 0.6 is 0 Å². The summed E-state index contributed by atoms with van der Waals surface area (Å²) >= 11 is 0. The predicted octanol–water partition coefficient (Wildman–Crippen LogP) is 0.0757. The van der Waals surface area contributed by atoms with E-state index in [2.05, 4.69) is 10.1 Å². The van der Waals surface area contributed by atoms with Gasteiger partial charge in [0.2, 0.25) is 0 Å². The zero-order chi connectivity index (χ0) is 8.43. The monoisotopic (exact) mass is 155 g/mol. The highest BCUT2D eigenvalue weighted by Gasteiger charge is 2.10. The van der Waals surface area contributed by atoms with Crippen LogP contribution in [0.5, 0.6) is 0 Å². The van der Waals surface area contributed by atoms with E-state index in [9.17, 15) is 4.79 Å². The average molecular weight is 155 g/mol. The van der Waals surface area contributed by atoms with Crippen molar-refractivity contribution >= 4 is 5.97 Å². The molecule has 0 unspecified atom stereocenters. The lowest BCUT2D eigenvalue weighted by Gasteiger charge is -1.90. The maximum Gasteiger partial charge on any atom is 0.375 e. The van der Waals surface area contributed by atoms with Crippen LogP contribution in [0.15, 0.2) is 0 Å². The molecule has 0 fully saturated rings. The topological polar surface area (TPSA) is 68.0 Å². The summed E-state index contributed by atoms with van der Waals surface area (Å²) in [5, 5.41) is 12.2.